The van der Waals surface area contributed by atoms with Gasteiger partial charge in [0.05, 0.1) is 6.61 Å². The molecule has 0 spiro atoms. The van der Waals surface area contributed by atoms with Gasteiger partial charge in [0.1, 0.15) is 5.78 Å². The molecule has 0 amide bonds. The van der Waals surface area contributed by atoms with Crippen LogP contribution < -0.4 is 0 Å². The van der Waals surface area contributed by atoms with Crippen molar-refractivity contribution < 1.29 is 31.8 Å². The highest BCUT2D eigenvalue weighted by molar-refractivity contribution is 7.80. The van der Waals surface area contributed by atoms with Crippen LogP contribution in [0.1, 0.15) is 32.1 Å². The Kier molecular flexibility index (Phi) is 6.31. The van der Waals surface area contributed by atoms with E-state index in [2.05, 4.69) is 4.18 Å². The molecule has 0 saturated heterocycles. The maximum absolute atomic E-state index is 11.7. The maximum Gasteiger partial charge on any atom is 0.397 e. The number of aliphatic carboxylic acids is 1. The zero-order valence-electron chi connectivity index (χ0n) is 10.9. The lowest BCUT2D eigenvalue weighted by Gasteiger charge is -2.14. The van der Waals surface area contributed by atoms with Gasteiger partial charge in [-0.25, -0.2) is 4.18 Å². The van der Waals surface area contributed by atoms with Gasteiger partial charge < -0.3 is 5.11 Å². The fourth-order valence-electron chi connectivity index (χ4n) is 2.35. The van der Waals surface area contributed by atoms with Gasteiger partial charge in [0.25, 0.3) is 0 Å². The van der Waals surface area contributed by atoms with E-state index >= 15 is 0 Å². The fourth-order valence-corrected chi connectivity index (χ4v) is 2.66. The largest absolute Gasteiger partial charge is 0.481 e. The SMILES string of the molecule is O=C(O)C[C@H]1CCC(=O)[C@@H]1C/C=C\CCOS(=O)(=O)O. The minimum atomic E-state index is -4.41. The van der Waals surface area contributed by atoms with Gasteiger partial charge >= 0.3 is 16.4 Å². The molecule has 0 heterocycles. The summed E-state index contributed by atoms with van der Waals surface area (Å²) in [6, 6.07) is 0. The molecule has 0 bridgehead atoms. The van der Waals surface area contributed by atoms with E-state index in [1.54, 1.807) is 12.2 Å². The van der Waals surface area contributed by atoms with Crippen molar-refractivity contribution in [1.82, 2.24) is 0 Å². The molecular formula is C12H18O7S. The van der Waals surface area contributed by atoms with E-state index in [1.165, 1.54) is 0 Å². The van der Waals surface area contributed by atoms with Crippen molar-refractivity contribution in [2.45, 2.75) is 32.1 Å². The molecule has 0 aromatic heterocycles. The lowest BCUT2D eigenvalue weighted by molar-refractivity contribution is -0.138. The number of carboxylic acids is 1. The van der Waals surface area contributed by atoms with Gasteiger partial charge in [-0.1, -0.05) is 12.2 Å². The Balaban J connectivity index is 2.35. The van der Waals surface area contributed by atoms with Crippen LogP contribution in [0.3, 0.4) is 0 Å². The number of carboxylic acid groups (broad SMARTS) is 1. The topological polar surface area (TPSA) is 118 Å². The molecule has 1 rings (SSSR count). The van der Waals surface area contributed by atoms with Crippen molar-refractivity contribution in [1.29, 1.82) is 0 Å². The number of hydrogen-bond donors (Lipinski definition) is 2. The van der Waals surface area contributed by atoms with Crippen LogP contribution in [-0.4, -0.2) is 36.4 Å². The average molecular weight is 306 g/mol. The molecule has 0 aromatic carbocycles. The minimum absolute atomic E-state index is 0.00386. The highest BCUT2D eigenvalue weighted by Crippen LogP contribution is 2.33. The van der Waals surface area contributed by atoms with Crippen LogP contribution >= 0.6 is 0 Å². The quantitative estimate of drug-likeness (QED) is 0.393. The second-order valence-electron chi connectivity index (χ2n) is 4.71. The van der Waals surface area contributed by atoms with Crippen LogP contribution in [-0.2, 0) is 24.2 Å². The number of rotatable bonds is 8. The molecule has 114 valence electrons. The Morgan fingerprint density at radius 1 is 1.40 bits per heavy atom. The lowest BCUT2D eigenvalue weighted by Crippen LogP contribution is -2.17. The van der Waals surface area contributed by atoms with Gasteiger partial charge in [-0.3, -0.25) is 14.1 Å². The predicted molar refractivity (Wildman–Crippen MR) is 69.3 cm³/mol. The summed E-state index contributed by atoms with van der Waals surface area (Å²) in [7, 11) is -4.41. The van der Waals surface area contributed by atoms with Gasteiger partial charge in [-0.05, 0) is 25.2 Å². The van der Waals surface area contributed by atoms with Crippen molar-refractivity contribution in [3.63, 3.8) is 0 Å². The first-order valence-electron chi connectivity index (χ1n) is 6.31. The van der Waals surface area contributed by atoms with Crippen LogP contribution in [0.4, 0.5) is 0 Å². The normalized spacial score (nSPS) is 23.6. The van der Waals surface area contributed by atoms with E-state index in [4.69, 9.17) is 9.66 Å². The van der Waals surface area contributed by atoms with Gasteiger partial charge in [0.2, 0.25) is 0 Å². The second-order valence-corrected chi connectivity index (χ2v) is 5.81. The molecule has 0 unspecified atom stereocenters. The Bertz CT molecular complexity index is 480. The van der Waals surface area contributed by atoms with Crippen molar-refractivity contribution >= 4 is 22.2 Å². The Morgan fingerprint density at radius 3 is 2.70 bits per heavy atom. The predicted octanol–water partition coefficient (Wildman–Crippen LogP) is 1.21. The Labute approximate surface area is 117 Å². The standard InChI is InChI=1S/C12H18O7S/c13-11-6-5-9(8-12(14)15)10(11)4-2-1-3-7-19-20(16,17)18/h1-2,9-10H,3-8H2,(H,14,15)(H,16,17,18)/b2-1-/t9-,10-/m1/s1. The summed E-state index contributed by atoms with van der Waals surface area (Å²) in [5.41, 5.74) is 0. The molecule has 0 aliphatic heterocycles. The van der Waals surface area contributed by atoms with E-state index in [0.29, 0.717) is 19.3 Å². The van der Waals surface area contributed by atoms with Crippen LogP contribution in [0, 0.1) is 11.8 Å². The monoisotopic (exact) mass is 306 g/mol. The lowest BCUT2D eigenvalue weighted by atomic mass is 9.89. The van der Waals surface area contributed by atoms with E-state index < -0.39 is 16.4 Å². The zero-order valence-corrected chi connectivity index (χ0v) is 11.7. The summed E-state index contributed by atoms with van der Waals surface area (Å²) in [6.45, 7) is -0.174. The van der Waals surface area contributed by atoms with E-state index in [-0.39, 0.29) is 37.1 Å². The molecule has 7 nitrogen and oxygen atoms in total. The summed E-state index contributed by atoms with van der Waals surface area (Å²) in [5.74, 6) is -1.22. The average Bonchev–Trinajstić information content (AvgIpc) is 2.63. The molecule has 2 atom stereocenters. The van der Waals surface area contributed by atoms with Gasteiger partial charge in [0, 0.05) is 18.8 Å². The second kappa shape index (κ2) is 7.51. The third-order valence-electron chi connectivity index (χ3n) is 3.25. The Hall–Kier alpha value is -1.25. The van der Waals surface area contributed by atoms with Crippen molar-refractivity contribution in [2.24, 2.45) is 11.8 Å². The molecule has 1 aliphatic rings. The molecule has 0 radical (unpaired) electrons. The summed E-state index contributed by atoms with van der Waals surface area (Å²) in [4.78, 5) is 22.3. The van der Waals surface area contributed by atoms with Gasteiger partial charge in [0.15, 0.2) is 0 Å². The van der Waals surface area contributed by atoms with Gasteiger partial charge in [-0.15, -0.1) is 0 Å². The summed E-state index contributed by atoms with van der Waals surface area (Å²) >= 11 is 0. The van der Waals surface area contributed by atoms with E-state index in [1.807, 2.05) is 0 Å². The molecule has 1 fully saturated rings. The number of allylic oxidation sites excluding steroid dienone is 1. The summed E-state index contributed by atoms with van der Waals surface area (Å²) < 4.78 is 33.0. The first-order chi connectivity index (χ1) is 9.29. The fraction of sp³-hybridized carbons (Fsp3) is 0.667. The highest BCUT2D eigenvalue weighted by Gasteiger charge is 2.34. The van der Waals surface area contributed by atoms with Crippen molar-refractivity contribution in [3.05, 3.63) is 12.2 Å². The highest BCUT2D eigenvalue weighted by atomic mass is 32.3. The first-order valence-corrected chi connectivity index (χ1v) is 7.67. The summed E-state index contributed by atoms with van der Waals surface area (Å²) in [5, 5.41) is 8.77. The number of hydrogen-bond acceptors (Lipinski definition) is 5. The smallest absolute Gasteiger partial charge is 0.397 e. The van der Waals surface area contributed by atoms with Crippen LogP contribution in [0.15, 0.2) is 12.2 Å². The van der Waals surface area contributed by atoms with Crippen LogP contribution in [0.5, 0.6) is 0 Å². The molecule has 1 aliphatic carbocycles. The third kappa shape index (κ3) is 6.27. The first kappa shape index (κ1) is 16.8. The van der Waals surface area contributed by atoms with Crippen LogP contribution in [0.25, 0.3) is 0 Å². The molecule has 2 N–H and O–H groups in total. The van der Waals surface area contributed by atoms with E-state index in [0.717, 1.165) is 0 Å². The molecular weight excluding hydrogens is 288 g/mol. The molecule has 20 heavy (non-hydrogen) atoms. The third-order valence-corrected chi connectivity index (χ3v) is 3.72. The number of carbonyl (C=O) groups excluding carboxylic acids is 1. The van der Waals surface area contributed by atoms with E-state index in [9.17, 15) is 18.0 Å². The molecule has 8 heteroatoms. The Morgan fingerprint density at radius 2 is 2.10 bits per heavy atom. The maximum atomic E-state index is 11.7. The summed E-state index contributed by atoms with van der Waals surface area (Å²) in [6.07, 6.45) is 5.12. The zero-order chi connectivity index (χ0) is 15.2. The number of Topliss-reactive ketones (excluding diaryl/α,β-unsaturated/α-hetero) is 1. The van der Waals surface area contributed by atoms with Crippen molar-refractivity contribution in [2.75, 3.05) is 6.61 Å². The minimum Gasteiger partial charge on any atom is -0.481 e. The number of carbonyl (C=O) groups is 2. The molecule has 1 saturated carbocycles. The van der Waals surface area contributed by atoms with Gasteiger partial charge in [-0.2, -0.15) is 8.42 Å². The van der Waals surface area contributed by atoms with Crippen molar-refractivity contribution in [3.8, 4) is 0 Å². The number of ketones is 1. The van der Waals surface area contributed by atoms with Crippen LogP contribution in [0.2, 0.25) is 0 Å². The molecule has 0 aromatic rings.